The number of benzene rings is 1. The molecule has 4 rings (SSSR count). The van der Waals surface area contributed by atoms with Gasteiger partial charge < -0.3 is 18.8 Å². The maximum Gasteiger partial charge on any atom is 0.312 e. The summed E-state index contributed by atoms with van der Waals surface area (Å²) < 4.78 is 17.6. The molecule has 0 fully saturated rings. The van der Waals surface area contributed by atoms with Crippen LogP contribution in [0.2, 0.25) is 0 Å². The number of pyridine rings is 1. The van der Waals surface area contributed by atoms with Crippen LogP contribution in [0.1, 0.15) is 29.2 Å². The van der Waals surface area contributed by atoms with Crippen molar-refractivity contribution in [2.24, 2.45) is 7.05 Å². The number of hydrogen-bond donors (Lipinski definition) is 0. The van der Waals surface area contributed by atoms with Gasteiger partial charge in [0.15, 0.2) is 11.5 Å². The summed E-state index contributed by atoms with van der Waals surface area (Å²) >= 11 is 0. The Hall–Kier alpha value is -2.76. The third-order valence-electron chi connectivity index (χ3n) is 4.41. The van der Waals surface area contributed by atoms with Crippen LogP contribution in [0.25, 0.3) is 0 Å². The fourth-order valence-electron chi connectivity index (χ4n) is 3.06. The van der Waals surface area contributed by atoms with E-state index in [1.54, 1.807) is 30.7 Å². The van der Waals surface area contributed by atoms with Gasteiger partial charge in [-0.1, -0.05) is 6.07 Å². The second-order valence-electron chi connectivity index (χ2n) is 5.77. The molecule has 3 heterocycles. The molecule has 1 atom stereocenters. The van der Waals surface area contributed by atoms with Gasteiger partial charge in [0, 0.05) is 24.7 Å². The summed E-state index contributed by atoms with van der Waals surface area (Å²) in [6.07, 6.45) is 0.130. The van der Waals surface area contributed by atoms with Crippen molar-refractivity contribution >= 4 is 5.97 Å². The lowest BCUT2D eigenvalue weighted by Gasteiger charge is -2.25. The first-order valence-electron chi connectivity index (χ1n) is 7.35. The number of aryl methyl sites for hydroxylation is 1. The highest BCUT2D eigenvalue weighted by molar-refractivity contribution is 5.77. The van der Waals surface area contributed by atoms with E-state index in [0.29, 0.717) is 22.8 Å². The number of fused-ring (bicyclic) bond motifs is 2. The van der Waals surface area contributed by atoms with Crippen LogP contribution in [0.3, 0.4) is 0 Å². The Kier molecular flexibility index (Phi) is 2.94. The van der Waals surface area contributed by atoms with E-state index in [1.165, 1.54) is 0 Å². The molecule has 0 aliphatic carbocycles. The zero-order valence-corrected chi connectivity index (χ0v) is 12.8. The van der Waals surface area contributed by atoms with Crippen LogP contribution in [-0.2, 0) is 11.8 Å². The van der Waals surface area contributed by atoms with Gasteiger partial charge in [0.1, 0.15) is 5.75 Å². The highest BCUT2D eigenvalue weighted by Crippen LogP contribution is 2.41. The summed E-state index contributed by atoms with van der Waals surface area (Å²) in [6, 6.07) is 7.22. The van der Waals surface area contributed by atoms with Crippen molar-refractivity contribution in [3.05, 3.63) is 51.4 Å². The Labute approximate surface area is 132 Å². The predicted octanol–water partition coefficient (Wildman–Crippen LogP) is 1.86. The molecule has 2 aliphatic heterocycles. The van der Waals surface area contributed by atoms with Crippen molar-refractivity contribution in [3.8, 4) is 17.2 Å². The standard InChI is InChI=1S/C17H15NO5/c1-9-5-14-16(17(20)18(9)2)11(7-15(19)23-14)10-3-4-12-13(6-10)22-8-21-12/h3-6,11H,7-8H2,1-2H3/t11-/m0/s1. The lowest BCUT2D eigenvalue weighted by Crippen LogP contribution is -2.31. The van der Waals surface area contributed by atoms with Gasteiger partial charge in [-0.15, -0.1) is 0 Å². The second kappa shape index (κ2) is 4.87. The number of aromatic nitrogens is 1. The first-order chi connectivity index (χ1) is 11.0. The number of hydrogen-bond acceptors (Lipinski definition) is 5. The number of esters is 1. The summed E-state index contributed by atoms with van der Waals surface area (Å²) in [6.45, 7) is 1.99. The van der Waals surface area contributed by atoms with E-state index in [4.69, 9.17) is 14.2 Å². The number of carbonyl (C=O) groups excluding carboxylic acids is 1. The van der Waals surface area contributed by atoms with Crippen LogP contribution in [0.5, 0.6) is 17.2 Å². The summed E-state index contributed by atoms with van der Waals surface area (Å²) in [5.41, 5.74) is 1.95. The molecule has 23 heavy (non-hydrogen) atoms. The minimum Gasteiger partial charge on any atom is -0.454 e. The average Bonchev–Trinajstić information content (AvgIpc) is 2.99. The molecular formula is C17H15NO5. The third kappa shape index (κ3) is 2.10. The topological polar surface area (TPSA) is 66.8 Å². The Balaban J connectivity index is 1.90. The van der Waals surface area contributed by atoms with Crippen LogP contribution in [0.15, 0.2) is 29.1 Å². The second-order valence-corrected chi connectivity index (χ2v) is 5.77. The molecule has 118 valence electrons. The Morgan fingerprint density at radius 1 is 1.09 bits per heavy atom. The molecule has 2 aliphatic rings. The van der Waals surface area contributed by atoms with Crippen LogP contribution in [-0.4, -0.2) is 17.3 Å². The first-order valence-corrected chi connectivity index (χ1v) is 7.35. The Bertz CT molecular complexity index is 883. The maximum absolute atomic E-state index is 12.7. The molecule has 1 aromatic carbocycles. The zero-order valence-electron chi connectivity index (χ0n) is 12.8. The van der Waals surface area contributed by atoms with Crippen molar-refractivity contribution in [2.45, 2.75) is 19.3 Å². The third-order valence-corrected chi connectivity index (χ3v) is 4.41. The monoisotopic (exact) mass is 313 g/mol. The van der Waals surface area contributed by atoms with E-state index in [0.717, 1.165) is 11.3 Å². The van der Waals surface area contributed by atoms with Crippen LogP contribution >= 0.6 is 0 Å². The smallest absolute Gasteiger partial charge is 0.312 e. The molecule has 6 heteroatoms. The highest BCUT2D eigenvalue weighted by atomic mass is 16.7. The zero-order chi connectivity index (χ0) is 16.1. The minimum absolute atomic E-state index is 0.130. The Morgan fingerprint density at radius 3 is 2.70 bits per heavy atom. The predicted molar refractivity (Wildman–Crippen MR) is 81.1 cm³/mol. The van der Waals surface area contributed by atoms with E-state index in [1.807, 2.05) is 12.1 Å². The Morgan fingerprint density at radius 2 is 1.87 bits per heavy atom. The summed E-state index contributed by atoms with van der Waals surface area (Å²) in [5.74, 6) is 0.966. The minimum atomic E-state index is -0.347. The molecule has 0 unspecified atom stereocenters. The molecule has 2 aromatic rings. The van der Waals surface area contributed by atoms with Gasteiger partial charge in [0.05, 0.1) is 12.0 Å². The van der Waals surface area contributed by atoms with Crippen LogP contribution in [0, 0.1) is 6.92 Å². The molecule has 0 bridgehead atoms. The molecule has 0 spiro atoms. The summed E-state index contributed by atoms with van der Waals surface area (Å²) in [4.78, 5) is 24.6. The van der Waals surface area contributed by atoms with Gasteiger partial charge in [-0.3, -0.25) is 9.59 Å². The molecular weight excluding hydrogens is 298 g/mol. The number of ether oxygens (including phenoxy) is 3. The average molecular weight is 313 g/mol. The van der Waals surface area contributed by atoms with Crippen molar-refractivity contribution in [3.63, 3.8) is 0 Å². The highest BCUT2D eigenvalue weighted by Gasteiger charge is 2.33. The van der Waals surface area contributed by atoms with Crippen LogP contribution < -0.4 is 19.8 Å². The van der Waals surface area contributed by atoms with E-state index < -0.39 is 0 Å². The van der Waals surface area contributed by atoms with Gasteiger partial charge >= 0.3 is 5.97 Å². The van der Waals surface area contributed by atoms with E-state index in [-0.39, 0.29) is 30.7 Å². The SMILES string of the molecule is Cc1cc2c(c(=O)n1C)[C@H](c1ccc3c(c1)OCO3)CC(=O)O2. The van der Waals surface area contributed by atoms with Gasteiger partial charge in [0.25, 0.3) is 5.56 Å². The number of nitrogens with zero attached hydrogens (tertiary/aromatic N) is 1. The number of rotatable bonds is 1. The van der Waals surface area contributed by atoms with E-state index in [9.17, 15) is 9.59 Å². The molecule has 1 aromatic heterocycles. The van der Waals surface area contributed by atoms with Crippen molar-refractivity contribution in [1.82, 2.24) is 4.57 Å². The molecule has 0 N–H and O–H groups in total. The fraction of sp³-hybridized carbons (Fsp3) is 0.294. The normalized spacial score (nSPS) is 18.5. The van der Waals surface area contributed by atoms with Gasteiger partial charge in [0.2, 0.25) is 6.79 Å². The molecule has 0 amide bonds. The fourth-order valence-corrected chi connectivity index (χ4v) is 3.06. The van der Waals surface area contributed by atoms with Crippen LogP contribution in [0.4, 0.5) is 0 Å². The van der Waals surface area contributed by atoms with Gasteiger partial charge in [-0.25, -0.2) is 0 Å². The van der Waals surface area contributed by atoms with Crippen molar-refractivity contribution in [1.29, 1.82) is 0 Å². The molecule has 0 radical (unpaired) electrons. The maximum atomic E-state index is 12.7. The summed E-state index contributed by atoms with van der Waals surface area (Å²) in [7, 11) is 1.71. The lowest BCUT2D eigenvalue weighted by molar-refractivity contribution is -0.135. The van der Waals surface area contributed by atoms with Crippen molar-refractivity contribution < 1.29 is 19.0 Å². The van der Waals surface area contributed by atoms with E-state index in [2.05, 4.69) is 0 Å². The largest absolute Gasteiger partial charge is 0.454 e. The lowest BCUT2D eigenvalue weighted by atomic mass is 9.86. The number of carbonyl (C=O) groups is 1. The van der Waals surface area contributed by atoms with Crippen molar-refractivity contribution in [2.75, 3.05) is 6.79 Å². The molecule has 6 nitrogen and oxygen atoms in total. The molecule has 0 saturated carbocycles. The first kappa shape index (κ1) is 13.9. The molecule has 0 saturated heterocycles. The van der Waals surface area contributed by atoms with E-state index >= 15 is 0 Å². The van der Waals surface area contributed by atoms with Gasteiger partial charge in [-0.05, 0) is 24.6 Å². The summed E-state index contributed by atoms with van der Waals surface area (Å²) in [5, 5.41) is 0. The quantitative estimate of drug-likeness (QED) is 0.752. The van der Waals surface area contributed by atoms with Gasteiger partial charge in [-0.2, -0.15) is 0 Å².